The molecular formula is C18H31N3O7. The number of rotatable bonds is 7. The summed E-state index contributed by atoms with van der Waals surface area (Å²) in [4.78, 5) is 49.1. The van der Waals surface area contributed by atoms with Crippen molar-refractivity contribution in [1.29, 1.82) is 0 Å². The van der Waals surface area contributed by atoms with E-state index >= 15 is 0 Å². The monoisotopic (exact) mass is 401 g/mol. The van der Waals surface area contributed by atoms with Crippen molar-refractivity contribution in [2.24, 2.45) is 5.92 Å². The summed E-state index contributed by atoms with van der Waals surface area (Å²) in [5.41, 5.74) is -0.723. The quantitative estimate of drug-likeness (QED) is 0.473. The van der Waals surface area contributed by atoms with Crippen molar-refractivity contribution in [2.75, 3.05) is 13.1 Å². The van der Waals surface area contributed by atoms with Crippen LogP contribution in [0.4, 0.5) is 4.79 Å². The molecule has 0 bridgehead atoms. The second-order valence-electron chi connectivity index (χ2n) is 8.02. The van der Waals surface area contributed by atoms with Crippen molar-refractivity contribution < 1.29 is 34.1 Å². The van der Waals surface area contributed by atoms with Crippen LogP contribution in [0.15, 0.2) is 0 Å². The first kappa shape index (κ1) is 23.7. The largest absolute Gasteiger partial charge is 0.480 e. The standard InChI is InChI=1S/C18H31N3O7/c1-6-10(2)14(20-17(27)28-18(3,4)5)15(24)19-8-13(23)21-9-11(22)7-12(21)16(25)26/h10-12,14,22H,6-9H2,1-5H3,(H,19,24)(H,20,27)(H,25,26)/t10-,11?,12?,14-/m0/s1. The van der Waals surface area contributed by atoms with Crippen molar-refractivity contribution in [3.8, 4) is 0 Å². The van der Waals surface area contributed by atoms with Crippen LogP contribution in [0.2, 0.25) is 0 Å². The maximum Gasteiger partial charge on any atom is 0.408 e. The van der Waals surface area contributed by atoms with Gasteiger partial charge in [0, 0.05) is 13.0 Å². The van der Waals surface area contributed by atoms with Crippen molar-refractivity contribution >= 4 is 23.9 Å². The van der Waals surface area contributed by atoms with E-state index in [9.17, 15) is 24.3 Å². The highest BCUT2D eigenvalue weighted by Crippen LogP contribution is 2.18. The van der Waals surface area contributed by atoms with Gasteiger partial charge in [-0.25, -0.2) is 9.59 Å². The highest BCUT2D eigenvalue weighted by molar-refractivity contribution is 5.91. The number of hydrogen-bond acceptors (Lipinski definition) is 6. The summed E-state index contributed by atoms with van der Waals surface area (Å²) in [5.74, 6) is -2.61. The SMILES string of the molecule is CC[C@H](C)[C@H](NC(=O)OC(C)(C)C)C(=O)NCC(=O)N1CC(O)CC1C(=O)O. The Morgan fingerprint density at radius 2 is 1.86 bits per heavy atom. The van der Waals surface area contributed by atoms with Gasteiger partial charge in [-0.1, -0.05) is 20.3 Å². The number of amides is 3. The number of ether oxygens (including phenoxy) is 1. The number of carboxylic acid groups (broad SMARTS) is 1. The fourth-order valence-electron chi connectivity index (χ4n) is 2.83. The summed E-state index contributed by atoms with van der Waals surface area (Å²) in [5, 5.41) is 23.7. The highest BCUT2D eigenvalue weighted by Gasteiger charge is 2.39. The molecule has 2 unspecified atom stereocenters. The van der Waals surface area contributed by atoms with E-state index in [2.05, 4.69) is 10.6 Å². The van der Waals surface area contributed by atoms with Gasteiger partial charge in [0.1, 0.15) is 17.7 Å². The first-order valence-electron chi connectivity index (χ1n) is 9.33. The van der Waals surface area contributed by atoms with Crippen LogP contribution in [0.25, 0.3) is 0 Å². The molecule has 0 aliphatic carbocycles. The van der Waals surface area contributed by atoms with Crippen LogP contribution in [0.3, 0.4) is 0 Å². The second kappa shape index (κ2) is 9.72. The molecule has 0 saturated carbocycles. The van der Waals surface area contributed by atoms with Crippen molar-refractivity contribution in [1.82, 2.24) is 15.5 Å². The maximum atomic E-state index is 12.5. The van der Waals surface area contributed by atoms with E-state index in [4.69, 9.17) is 9.84 Å². The summed E-state index contributed by atoms with van der Waals surface area (Å²) in [6.07, 6.45) is -1.11. The zero-order valence-electron chi connectivity index (χ0n) is 17.0. The van der Waals surface area contributed by atoms with Gasteiger partial charge in [0.05, 0.1) is 12.6 Å². The van der Waals surface area contributed by atoms with Gasteiger partial charge in [-0.05, 0) is 26.7 Å². The van der Waals surface area contributed by atoms with E-state index < -0.39 is 54.2 Å². The Labute approximate surface area is 164 Å². The summed E-state index contributed by atoms with van der Waals surface area (Å²) in [6, 6.07) is -2.03. The van der Waals surface area contributed by atoms with Gasteiger partial charge in [-0.2, -0.15) is 0 Å². The van der Waals surface area contributed by atoms with Crippen LogP contribution in [-0.4, -0.2) is 75.9 Å². The molecule has 0 aromatic rings. The lowest BCUT2D eigenvalue weighted by atomic mass is 9.98. The fourth-order valence-corrected chi connectivity index (χ4v) is 2.83. The fraction of sp³-hybridized carbons (Fsp3) is 0.778. The van der Waals surface area contributed by atoms with E-state index in [1.165, 1.54) is 0 Å². The molecule has 1 rings (SSSR count). The number of β-amino-alcohol motifs (C(OH)–C–C–N with tert-alkyl or cyclic N) is 1. The Bertz CT molecular complexity index is 602. The lowest BCUT2D eigenvalue weighted by Crippen LogP contribution is -2.53. The molecule has 1 heterocycles. The molecule has 10 heteroatoms. The summed E-state index contributed by atoms with van der Waals surface area (Å²) in [6.45, 7) is 8.21. The molecule has 3 amide bonds. The highest BCUT2D eigenvalue weighted by atomic mass is 16.6. The zero-order chi connectivity index (χ0) is 21.6. The Morgan fingerprint density at radius 1 is 1.25 bits per heavy atom. The normalized spacial score (nSPS) is 21.6. The number of carboxylic acids is 1. The van der Waals surface area contributed by atoms with Gasteiger partial charge >= 0.3 is 12.1 Å². The van der Waals surface area contributed by atoms with Crippen LogP contribution in [-0.2, 0) is 19.1 Å². The summed E-state index contributed by atoms with van der Waals surface area (Å²) < 4.78 is 5.17. The summed E-state index contributed by atoms with van der Waals surface area (Å²) >= 11 is 0. The number of aliphatic carboxylic acids is 1. The van der Waals surface area contributed by atoms with E-state index in [0.717, 1.165) is 4.90 Å². The molecule has 10 nitrogen and oxygen atoms in total. The molecular weight excluding hydrogens is 370 g/mol. The minimum atomic E-state index is -1.21. The van der Waals surface area contributed by atoms with Crippen LogP contribution < -0.4 is 10.6 Å². The number of aliphatic hydroxyl groups is 1. The van der Waals surface area contributed by atoms with E-state index in [1.807, 2.05) is 6.92 Å². The molecule has 160 valence electrons. The van der Waals surface area contributed by atoms with Crippen LogP contribution >= 0.6 is 0 Å². The first-order chi connectivity index (χ1) is 12.9. The van der Waals surface area contributed by atoms with E-state index in [0.29, 0.717) is 6.42 Å². The predicted molar refractivity (Wildman–Crippen MR) is 99.4 cm³/mol. The molecule has 4 atom stereocenters. The zero-order valence-corrected chi connectivity index (χ0v) is 17.0. The maximum absolute atomic E-state index is 12.5. The number of aliphatic hydroxyl groups excluding tert-OH is 1. The summed E-state index contributed by atoms with van der Waals surface area (Å²) in [7, 11) is 0. The topological polar surface area (TPSA) is 145 Å². The van der Waals surface area contributed by atoms with Crippen LogP contribution in [0.5, 0.6) is 0 Å². The Kier molecular flexibility index (Phi) is 8.22. The van der Waals surface area contributed by atoms with Crippen molar-refractivity contribution in [2.45, 2.75) is 71.2 Å². The molecule has 0 aromatic heterocycles. The van der Waals surface area contributed by atoms with Crippen LogP contribution in [0, 0.1) is 5.92 Å². The predicted octanol–water partition coefficient (Wildman–Crippen LogP) is 0.0884. The van der Waals surface area contributed by atoms with Gasteiger partial charge in [0.15, 0.2) is 0 Å². The third kappa shape index (κ3) is 6.99. The van der Waals surface area contributed by atoms with Gasteiger partial charge < -0.3 is 30.5 Å². The number of hydrogen-bond donors (Lipinski definition) is 4. The number of carbonyl (C=O) groups is 4. The van der Waals surface area contributed by atoms with Gasteiger partial charge in [0.25, 0.3) is 0 Å². The minimum Gasteiger partial charge on any atom is -0.480 e. The third-order valence-corrected chi connectivity index (χ3v) is 4.47. The van der Waals surface area contributed by atoms with Gasteiger partial charge in [-0.15, -0.1) is 0 Å². The lowest BCUT2D eigenvalue weighted by molar-refractivity contribution is -0.148. The molecule has 1 aliphatic heterocycles. The Hall–Kier alpha value is -2.36. The molecule has 1 aliphatic rings. The second-order valence-corrected chi connectivity index (χ2v) is 8.02. The third-order valence-electron chi connectivity index (χ3n) is 4.47. The number of likely N-dealkylation sites (tertiary alicyclic amines) is 1. The van der Waals surface area contributed by atoms with E-state index in [1.54, 1.807) is 27.7 Å². The van der Waals surface area contributed by atoms with Crippen molar-refractivity contribution in [3.05, 3.63) is 0 Å². The Morgan fingerprint density at radius 3 is 2.36 bits per heavy atom. The number of nitrogens with one attached hydrogen (secondary N) is 2. The van der Waals surface area contributed by atoms with Gasteiger partial charge in [-0.3, -0.25) is 9.59 Å². The molecule has 1 saturated heterocycles. The molecule has 0 aromatic carbocycles. The van der Waals surface area contributed by atoms with Crippen molar-refractivity contribution in [3.63, 3.8) is 0 Å². The number of nitrogens with zero attached hydrogens (tertiary/aromatic N) is 1. The Balaban J connectivity index is 2.71. The number of carbonyl (C=O) groups excluding carboxylic acids is 3. The smallest absolute Gasteiger partial charge is 0.408 e. The molecule has 0 spiro atoms. The minimum absolute atomic E-state index is 0.0509. The van der Waals surface area contributed by atoms with E-state index in [-0.39, 0.29) is 18.9 Å². The molecule has 28 heavy (non-hydrogen) atoms. The lowest BCUT2D eigenvalue weighted by Gasteiger charge is -2.27. The molecule has 0 radical (unpaired) electrons. The number of alkyl carbamates (subject to hydrolysis) is 1. The molecule has 4 N–H and O–H groups in total. The first-order valence-corrected chi connectivity index (χ1v) is 9.33. The van der Waals surface area contributed by atoms with Crippen LogP contribution in [0.1, 0.15) is 47.5 Å². The average molecular weight is 401 g/mol. The average Bonchev–Trinajstić information content (AvgIpc) is 2.97. The molecule has 1 fully saturated rings. The van der Waals surface area contributed by atoms with Gasteiger partial charge in [0.2, 0.25) is 11.8 Å².